The Hall–Kier alpha value is -0.880. The zero-order chi connectivity index (χ0) is 14.2. The smallest absolute Gasteiger partial charge is 0.191 e. The van der Waals surface area contributed by atoms with E-state index in [0.717, 1.165) is 12.5 Å². The average Bonchev–Trinajstić information content (AvgIpc) is 3.08. The minimum atomic E-state index is -0.00436. The van der Waals surface area contributed by atoms with Gasteiger partial charge in [0.2, 0.25) is 0 Å². The van der Waals surface area contributed by atoms with Gasteiger partial charge in [-0.05, 0) is 29.7 Å². The fourth-order valence-corrected chi connectivity index (χ4v) is 6.59. The van der Waals surface area contributed by atoms with Crippen molar-refractivity contribution in [3.63, 3.8) is 0 Å². The lowest BCUT2D eigenvalue weighted by molar-refractivity contribution is 0.312. The molecule has 2 aliphatic rings. The van der Waals surface area contributed by atoms with E-state index in [0.29, 0.717) is 10.8 Å². The molecule has 0 saturated carbocycles. The molecule has 0 unspecified atom stereocenters. The Balaban J connectivity index is 1.78. The molecule has 1 aromatic carbocycles. The lowest BCUT2D eigenvalue weighted by Gasteiger charge is -2.32. The molecule has 108 valence electrons. The van der Waals surface area contributed by atoms with Gasteiger partial charge in [-0.1, -0.05) is 59.0 Å². The molecule has 0 aromatic heterocycles. The summed E-state index contributed by atoms with van der Waals surface area (Å²) in [7, 11) is -0.00436. The Kier molecular flexibility index (Phi) is 3.86. The molecule has 0 radical (unpaired) electrons. The second-order valence-electron chi connectivity index (χ2n) is 6.73. The van der Waals surface area contributed by atoms with Crippen molar-refractivity contribution in [2.24, 2.45) is 4.99 Å². The normalized spacial score (nSPS) is 30.1. The van der Waals surface area contributed by atoms with Crippen LogP contribution in [-0.4, -0.2) is 29.5 Å². The zero-order valence-corrected chi connectivity index (χ0v) is 13.6. The first-order chi connectivity index (χ1) is 9.55. The Bertz CT molecular complexity index is 491. The number of rotatable bonds is 2. The first-order valence-electron chi connectivity index (χ1n) is 7.58. The van der Waals surface area contributed by atoms with Crippen LogP contribution in [0.3, 0.4) is 0 Å². The Labute approximate surface area is 123 Å². The van der Waals surface area contributed by atoms with Crippen molar-refractivity contribution in [2.75, 3.05) is 12.8 Å². The van der Waals surface area contributed by atoms with Gasteiger partial charge in [0.25, 0.3) is 0 Å². The molecule has 0 bridgehead atoms. The standard InChI is InChI=1S/C17H24NOP/c1-17(2,3)20-11-7-10-15(20)16-18-14(12-19-16)13-8-5-4-6-9-13/h4-6,8-9,14-15H,7,10-12H2,1-3H3/t14-,15-,20-/m1/s1. The van der Waals surface area contributed by atoms with Gasteiger partial charge in [0, 0.05) is 0 Å². The second kappa shape index (κ2) is 5.48. The summed E-state index contributed by atoms with van der Waals surface area (Å²) in [5, 5.41) is 0.410. The first-order valence-corrected chi connectivity index (χ1v) is 9.17. The van der Waals surface area contributed by atoms with E-state index in [1.807, 2.05) is 0 Å². The summed E-state index contributed by atoms with van der Waals surface area (Å²) in [4.78, 5) is 4.91. The van der Waals surface area contributed by atoms with E-state index in [9.17, 15) is 0 Å². The molecule has 0 N–H and O–H groups in total. The van der Waals surface area contributed by atoms with Crippen molar-refractivity contribution in [3.8, 4) is 0 Å². The van der Waals surface area contributed by atoms with Gasteiger partial charge in [0.15, 0.2) is 5.90 Å². The summed E-state index contributed by atoms with van der Waals surface area (Å²) in [6.07, 6.45) is 3.98. The Morgan fingerprint density at radius 2 is 1.95 bits per heavy atom. The molecular formula is C17H24NOP. The SMILES string of the molecule is CC(C)(C)[P@]1CCC[C@@H]1C1=N[C@@H](c2ccccc2)CO1. The van der Waals surface area contributed by atoms with Crippen molar-refractivity contribution in [1.82, 2.24) is 0 Å². The van der Waals surface area contributed by atoms with Crippen LogP contribution in [-0.2, 0) is 4.74 Å². The fraction of sp³-hybridized carbons (Fsp3) is 0.588. The number of nitrogens with zero attached hydrogens (tertiary/aromatic N) is 1. The molecule has 20 heavy (non-hydrogen) atoms. The van der Waals surface area contributed by atoms with Gasteiger partial charge in [-0.15, -0.1) is 0 Å². The van der Waals surface area contributed by atoms with E-state index in [4.69, 9.17) is 9.73 Å². The third kappa shape index (κ3) is 2.76. The minimum Gasteiger partial charge on any atom is -0.478 e. The van der Waals surface area contributed by atoms with Crippen LogP contribution < -0.4 is 0 Å². The van der Waals surface area contributed by atoms with Crippen LogP contribution in [0.2, 0.25) is 0 Å². The molecule has 0 spiro atoms. The highest BCUT2D eigenvalue weighted by Gasteiger charge is 2.40. The molecule has 0 amide bonds. The summed E-state index contributed by atoms with van der Waals surface area (Å²) in [6.45, 7) is 7.85. The maximum Gasteiger partial charge on any atom is 0.191 e. The van der Waals surface area contributed by atoms with Crippen molar-refractivity contribution in [1.29, 1.82) is 0 Å². The van der Waals surface area contributed by atoms with Crippen LogP contribution in [0.4, 0.5) is 0 Å². The van der Waals surface area contributed by atoms with Crippen molar-refractivity contribution in [3.05, 3.63) is 35.9 Å². The summed E-state index contributed by atoms with van der Waals surface area (Å²) in [5.41, 5.74) is 1.87. The zero-order valence-electron chi connectivity index (χ0n) is 12.7. The van der Waals surface area contributed by atoms with E-state index < -0.39 is 0 Å². The predicted octanol–water partition coefficient (Wildman–Crippen LogP) is 4.60. The van der Waals surface area contributed by atoms with Crippen molar-refractivity contribution < 1.29 is 4.74 Å². The maximum atomic E-state index is 6.00. The van der Waals surface area contributed by atoms with Gasteiger partial charge in [0.05, 0.1) is 5.66 Å². The quantitative estimate of drug-likeness (QED) is 0.729. The Morgan fingerprint density at radius 3 is 2.65 bits per heavy atom. The summed E-state index contributed by atoms with van der Waals surface area (Å²) >= 11 is 0. The molecule has 1 aromatic rings. The molecular weight excluding hydrogens is 265 g/mol. The molecule has 1 saturated heterocycles. The predicted molar refractivity (Wildman–Crippen MR) is 87.1 cm³/mol. The molecule has 2 aliphatic heterocycles. The van der Waals surface area contributed by atoms with Crippen LogP contribution in [0.25, 0.3) is 0 Å². The topological polar surface area (TPSA) is 21.6 Å². The molecule has 3 atom stereocenters. The lowest BCUT2D eigenvalue weighted by atomic mass is 10.1. The van der Waals surface area contributed by atoms with Gasteiger partial charge >= 0.3 is 0 Å². The maximum absolute atomic E-state index is 6.00. The van der Waals surface area contributed by atoms with Gasteiger partial charge in [0.1, 0.15) is 12.6 Å². The van der Waals surface area contributed by atoms with Crippen LogP contribution in [0.1, 0.15) is 45.2 Å². The van der Waals surface area contributed by atoms with E-state index in [1.54, 1.807) is 0 Å². The molecule has 2 nitrogen and oxygen atoms in total. The van der Waals surface area contributed by atoms with Gasteiger partial charge in [-0.25, -0.2) is 4.99 Å². The molecule has 3 rings (SSSR count). The van der Waals surface area contributed by atoms with E-state index in [-0.39, 0.29) is 14.0 Å². The summed E-state index contributed by atoms with van der Waals surface area (Å²) in [6, 6.07) is 10.7. The highest BCUT2D eigenvalue weighted by Crippen LogP contribution is 2.60. The molecule has 2 heterocycles. The third-order valence-electron chi connectivity index (χ3n) is 4.26. The largest absolute Gasteiger partial charge is 0.478 e. The van der Waals surface area contributed by atoms with Crippen LogP contribution in [0.15, 0.2) is 35.3 Å². The van der Waals surface area contributed by atoms with E-state index >= 15 is 0 Å². The summed E-state index contributed by atoms with van der Waals surface area (Å²) in [5.74, 6) is 1.05. The molecule has 0 aliphatic carbocycles. The van der Waals surface area contributed by atoms with Crippen LogP contribution in [0, 0.1) is 0 Å². The number of aliphatic imine (C=N–C) groups is 1. The number of hydrogen-bond donors (Lipinski definition) is 0. The fourth-order valence-electron chi connectivity index (χ4n) is 3.25. The lowest BCUT2D eigenvalue weighted by Crippen LogP contribution is -2.24. The van der Waals surface area contributed by atoms with Gasteiger partial charge < -0.3 is 4.74 Å². The highest BCUT2D eigenvalue weighted by molar-refractivity contribution is 7.61. The monoisotopic (exact) mass is 289 g/mol. The number of hydrogen-bond acceptors (Lipinski definition) is 2. The third-order valence-corrected chi connectivity index (χ3v) is 8.01. The van der Waals surface area contributed by atoms with Gasteiger partial charge in [-0.3, -0.25) is 0 Å². The highest BCUT2D eigenvalue weighted by atomic mass is 31.1. The van der Waals surface area contributed by atoms with Crippen molar-refractivity contribution in [2.45, 2.75) is 50.5 Å². The van der Waals surface area contributed by atoms with Gasteiger partial charge in [-0.2, -0.15) is 0 Å². The minimum absolute atomic E-state index is 0.00436. The van der Waals surface area contributed by atoms with E-state index in [2.05, 4.69) is 51.1 Å². The second-order valence-corrected chi connectivity index (χ2v) is 10.1. The van der Waals surface area contributed by atoms with E-state index in [1.165, 1.54) is 24.6 Å². The Morgan fingerprint density at radius 1 is 1.20 bits per heavy atom. The summed E-state index contributed by atoms with van der Waals surface area (Å²) < 4.78 is 6.00. The number of ether oxygens (including phenoxy) is 1. The molecule has 1 fully saturated rings. The van der Waals surface area contributed by atoms with Crippen molar-refractivity contribution >= 4 is 13.8 Å². The first kappa shape index (κ1) is 14.1. The number of benzene rings is 1. The van der Waals surface area contributed by atoms with Crippen LogP contribution in [0.5, 0.6) is 0 Å². The van der Waals surface area contributed by atoms with Crippen LogP contribution >= 0.6 is 7.92 Å². The molecule has 3 heteroatoms. The average molecular weight is 289 g/mol.